The lowest BCUT2D eigenvalue weighted by atomic mass is 10.0. The fourth-order valence-electron chi connectivity index (χ4n) is 3.97. The van der Waals surface area contributed by atoms with E-state index >= 15 is 0 Å². The first-order chi connectivity index (χ1) is 17.1. The van der Waals surface area contributed by atoms with Gasteiger partial charge in [-0.1, -0.05) is 51.6 Å². The molecule has 0 radical (unpaired) electrons. The van der Waals surface area contributed by atoms with Gasteiger partial charge >= 0.3 is 5.65 Å². The van der Waals surface area contributed by atoms with Crippen molar-refractivity contribution < 1.29 is 9.40 Å². The Labute approximate surface area is 234 Å². The molecule has 2 aromatic rings. The van der Waals surface area contributed by atoms with Gasteiger partial charge in [0, 0.05) is 27.0 Å². The molecule has 0 aliphatic heterocycles. The molecule has 2 aromatic heterocycles. The van der Waals surface area contributed by atoms with Gasteiger partial charge in [-0.25, -0.2) is 4.57 Å². The van der Waals surface area contributed by atoms with Crippen molar-refractivity contribution in [2.45, 2.75) is 79.7 Å². The van der Waals surface area contributed by atoms with Gasteiger partial charge in [-0.15, -0.1) is 17.0 Å². The number of aromatic nitrogens is 4. The third kappa shape index (κ3) is 10.8. The van der Waals surface area contributed by atoms with Crippen molar-refractivity contribution in [2.75, 3.05) is 26.1 Å². The topological polar surface area (TPSA) is 61.2 Å². The Bertz CT molecular complexity index is 1120. The number of rotatable bonds is 14. The molecule has 0 saturated carbocycles. The molecule has 0 N–H and O–H groups in total. The van der Waals surface area contributed by atoms with Crippen molar-refractivity contribution in [3.8, 4) is 0 Å². The fourth-order valence-corrected chi connectivity index (χ4v) is 3.97. The van der Waals surface area contributed by atoms with Gasteiger partial charge in [-0.3, -0.25) is 4.57 Å². The van der Waals surface area contributed by atoms with Crippen LogP contribution in [0.3, 0.4) is 0 Å². The summed E-state index contributed by atoms with van der Waals surface area (Å²) in [5, 5.41) is 0. The Hall–Kier alpha value is -2.45. The minimum atomic E-state index is 0. The molecule has 0 aromatic carbocycles. The van der Waals surface area contributed by atoms with E-state index < -0.39 is 0 Å². The minimum absolute atomic E-state index is 0. The van der Waals surface area contributed by atoms with Crippen molar-refractivity contribution in [1.82, 2.24) is 14.5 Å². The summed E-state index contributed by atoms with van der Waals surface area (Å²) >= 11 is 0. The molecule has 0 aliphatic carbocycles. The first-order valence-corrected chi connectivity index (χ1v) is 12.9. The first kappa shape index (κ1) is 32.6. The van der Waals surface area contributed by atoms with Gasteiger partial charge in [-0.05, 0) is 73.1 Å². The average molecular weight is 576 g/mol. The number of nitrogens with zero attached hydrogens (tertiary/aromatic N) is 6. The van der Waals surface area contributed by atoms with E-state index in [2.05, 4.69) is 74.0 Å². The summed E-state index contributed by atoms with van der Waals surface area (Å²) < 4.78 is 4.13. The number of hydrogen-bond acceptors (Lipinski definition) is 4. The molecule has 206 valence electrons. The summed E-state index contributed by atoms with van der Waals surface area (Å²) in [7, 11) is 7.37. The standard InChI is InChI=1S/C29H46N6O.BrH/c1-22(2)13-10-14-23(3)15-11-16-24(4)17-12-18-25(5)19-20-35-21-34(8)28-26(35)27(32-36-9)30-29(31-28)33(6)7;/h13,15,17,19,21H,10-12,14,16,18,20H2,1-9H3;1H/b23-15+,24-17+,25-19+;. The molecule has 8 heteroatoms. The van der Waals surface area contributed by atoms with Crippen LogP contribution < -0.4 is 9.47 Å². The first-order valence-electron chi connectivity index (χ1n) is 12.9. The number of anilines is 1. The van der Waals surface area contributed by atoms with Crippen LogP contribution in [-0.4, -0.2) is 35.7 Å². The van der Waals surface area contributed by atoms with E-state index in [9.17, 15) is 0 Å². The Morgan fingerprint density at radius 3 is 1.97 bits per heavy atom. The zero-order valence-electron chi connectivity index (χ0n) is 24.3. The summed E-state index contributed by atoms with van der Waals surface area (Å²) in [6.45, 7) is 11.8. The van der Waals surface area contributed by atoms with Crippen LogP contribution >= 0.6 is 17.0 Å². The Balaban J connectivity index is 0.00000684. The van der Waals surface area contributed by atoms with E-state index in [1.807, 2.05) is 36.9 Å². The summed E-state index contributed by atoms with van der Waals surface area (Å²) in [5.41, 5.74) is 11.6. The molecule has 2 rings (SSSR count). The van der Waals surface area contributed by atoms with E-state index in [1.54, 1.807) is 7.11 Å². The molecule has 0 atom stereocenters. The highest BCUT2D eigenvalue weighted by molar-refractivity contribution is 8.93. The molecule has 0 saturated heterocycles. The molecule has 0 aliphatic rings. The number of fused-ring (bicyclic) bond motifs is 1. The van der Waals surface area contributed by atoms with Gasteiger partial charge in [0.25, 0.3) is 0 Å². The maximum Gasteiger partial charge on any atom is 0.303 e. The van der Waals surface area contributed by atoms with E-state index in [0.29, 0.717) is 11.8 Å². The second kappa shape index (κ2) is 16.4. The Kier molecular flexibility index (Phi) is 14.4. The summed E-state index contributed by atoms with van der Waals surface area (Å²) in [4.78, 5) is 16.2. The van der Waals surface area contributed by atoms with Crippen LogP contribution in [0, 0.1) is 0 Å². The highest BCUT2D eigenvalue weighted by Crippen LogP contribution is 2.27. The number of imidazole rings is 1. The zero-order chi connectivity index (χ0) is 26.7. The lowest BCUT2D eigenvalue weighted by Gasteiger charge is -2.17. The summed E-state index contributed by atoms with van der Waals surface area (Å²) in [6, 6.07) is 0. The van der Waals surface area contributed by atoms with Gasteiger partial charge in [0.2, 0.25) is 0 Å². The highest BCUT2D eigenvalue weighted by atomic mass is 79.9. The largest absolute Gasteiger partial charge is 0.385 e. The summed E-state index contributed by atoms with van der Waals surface area (Å²) in [6.07, 6.45) is 18.1. The van der Waals surface area contributed by atoms with E-state index in [1.165, 1.54) is 22.3 Å². The van der Waals surface area contributed by atoms with Gasteiger partial charge < -0.3 is 20.2 Å². The second-order valence-corrected chi connectivity index (χ2v) is 10.1. The van der Waals surface area contributed by atoms with Gasteiger partial charge in [0.1, 0.15) is 0 Å². The van der Waals surface area contributed by atoms with E-state index in [0.717, 1.165) is 56.2 Å². The third-order valence-corrected chi connectivity index (χ3v) is 6.14. The number of aryl methyl sites for hydroxylation is 1. The van der Waals surface area contributed by atoms with Crippen LogP contribution in [0.2, 0.25) is 0 Å². The molecule has 0 spiro atoms. The van der Waals surface area contributed by atoms with Crippen molar-refractivity contribution >= 4 is 39.9 Å². The van der Waals surface area contributed by atoms with Gasteiger partial charge in [-0.2, -0.15) is 0 Å². The Morgan fingerprint density at radius 1 is 0.919 bits per heavy atom. The fraction of sp³-hybridized carbons (Fsp3) is 0.552. The number of halogens is 1. The summed E-state index contributed by atoms with van der Waals surface area (Å²) in [5.74, 6) is 1.15. The van der Waals surface area contributed by atoms with Crippen LogP contribution in [-0.2, 0) is 18.4 Å². The molecule has 37 heavy (non-hydrogen) atoms. The average Bonchev–Trinajstić information content (AvgIpc) is 3.13. The monoisotopic (exact) mass is 574 g/mol. The zero-order valence-corrected chi connectivity index (χ0v) is 26.0. The van der Waals surface area contributed by atoms with E-state index in [4.69, 9.17) is 9.82 Å². The normalized spacial score (nSPS) is 12.5. The quantitative estimate of drug-likeness (QED) is 0.132. The lowest BCUT2D eigenvalue weighted by molar-refractivity contribution is -0.647. The Morgan fingerprint density at radius 2 is 1.46 bits per heavy atom. The molecular weight excluding hydrogens is 528 g/mol. The molecule has 2 heterocycles. The number of allylic oxidation sites excluding steroid dienone is 8. The van der Waals surface area contributed by atoms with Crippen molar-refractivity contribution in [3.63, 3.8) is 0 Å². The maximum atomic E-state index is 5.07. The smallest absolute Gasteiger partial charge is 0.303 e. The van der Waals surface area contributed by atoms with E-state index in [-0.39, 0.29) is 17.0 Å². The second-order valence-electron chi connectivity index (χ2n) is 10.1. The van der Waals surface area contributed by atoms with Crippen molar-refractivity contribution in [1.29, 1.82) is 0 Å². The van der Waals surface area contributed by atoms with Crippen molar-refractivity contribution in [3.05, 3.63) is 58.4 Å². The molecule has 0 amide bonds. The van der Waals surface area contributed by atoms with Gasteiger partial charge in [0.05, 0.1) is 13.6 Å². The molecule has 0 fully saturated rings. The molecular formula is C29H47BrN6O. The predicted octanol–water partition coefficient (Wildman–Crippen LogP) is 7.61. The third-order valence-electron chi connectivity index (χ3n) is 6.14. The lowest BCUT2D eigenvalue weighted by Crippen LogP contribution is -2.27. The highest BCUT2D eigenvalue weighted by Gasteiger charge is 2.17. The van der Waals surface area contributed by atoms with Crippen LogP contribution in [0.4, 0.5) is 11.8 Å². The predicted molar refractivity (Wildman–Crippen MR) is 162 cm³/mol. The molecule has 0 unspecified atom stereocenters. The van der Waals surface area contributed by atoms with Crippen LogP contribution in [0.15, 0.2) is 52.9 Å². The maximum absolute atomic E-state index is 5.07. The van der Waals surface area contributed by atoms with Crippen LogP contribution in [0.5, 0.6) is 0 Å². The van der Waals surface area contributed by atoms with Gasteiger partial charge in [0.15, 0.2) is 17.8 Å². The molecule has 7 nitrogen and oxygen atoms in total. The van der Waals surface area contributed by atoms with Crippen LogP contribution in [0.1, 0.15) is 73.1 Å². The minimum Gasteiger partial charge on any atom is -0.385 e. The number of hydrogen-bond donors (Lipinski definition) is 0. The SMILES string of the molecule is Br.CO[N-]c1nc(N(C)C)nc2c1n(C/C=C(\C)CC/C=C(\C)CC/C=C(\C)CCC=C(C)C)c[n+]2C. The molecule has 0 bridgehead atoms. The van der Waals surface area contributed by atoms with Crippen LogP contribution in [0.25, 0.3) is 16.6 Å². The van der Waals surface area contributed by atoms with Crippen molar-refractivity contribution in [2.24, 2.45) is 7.05 Å².